The molecule has 0 spiro atoms. The van der Waals surface area contributed by atoms with Crippen LogP contribution in [0.25, 0.3) is 0 Å². The average molecular weight is 285 g/mol. The molecule has 4 heteroatoms. The van der Waals surface area contributed by atoms with E-state index >= 15 is 0 Å². The minimum absolute atomic E-state index is 0.190. The number of carboxylic acid groups (broad SMARTS) is 1. The van der Waals surface area contributed by atoms with Gasteiger partial charge in [0.05, 0.1) is 11.8 Å². The second-order valence-electron chi connectivity index (χ2n) is 5.82. The Morgan fingerprint density at radius 3 is 2.52 bits per heavy atom. The Morgan fingerprint density at radius 2 is 1.76 bits per heavy atom. The van der Waals surface area contributed by atoms with Gasteiger partial charge in [0.1, 0.15) is 0 Å². The van der Waals surface area contributed by atoms with Crippen LogP contribution in [-0.4, -0.2) is 17.0 Å². The van der Waals surface area contributed by atoms with Crippen molar-refractivity contribution in [1.82, 2.24) is 0 Å². The summed E-state index contributed by atoms with van der Waals surface area (Å²) < 4.78 is 0. The predicted molar refractivity (Wildman–Crippen MR) is 80.1 cm³/mol. The number of hydrogen-bond acceptors (Lipinski definition) is 2. The predicted octanol–water partition coefficient (Wildman–Crippen LogP) is 2.78. The van der Waals surface area contributed by atoms with Gasteiger partial charge in [-0.3, -0.25) is 9.59 Å². The van der Waals surface area contributed by atoms with Gasteiger partial charge >= 0.3 is 5.97 Å². The van der Waals surface area contributed by atoms with Crippen LogP contribution < -0.4 is 5.32 Å². The average Bonchev–Trinajstić information content (AvgIpc) is 2.94. The van der Waals surface area contributed by atoms with Gasteiger partial charge in [-0.15, -0.1) is 0 Å². The lowest BCUT2D eigenvalue weighted by atomic mass is 9.82. The van der Waals surface area contributed by atoms with Gasteiger partial charge in [-0.25, -0.2) is 0 Å². The summed E-state index contributed by atoms with van der Waals surface area (Å²) in [5, 5.41) is 12.1. The van der Waals surface area contributed by atoms with Gasteiger partial charge in [0.25, 0.3) is 0 Å². The van der Waals surface area contributed by atoms with E-state index in [9.17, 15) is 14.7 Å². The zero-order valence-electron chi connectivity index (χ0n) is 11.8. The number of hydrogen-bond donors (Lipinski definition) is 2. The first-order chi connectivity index (χ1) is 10.1. The van der Waals surface area contributed by atoms with Crippen LogP contribution in [0.2, 0.25) is 0 Å². The topological polar surface area (TPSA) is 66.4 Å². The van der Waals surface area contributed by atoms with E-state index in [0.717, 1.165) is 18.5 Å². The maximum absolute atomic E-state index is 12.4. The van der Waals surface area contributed by atoms with Gasteiger partial charge < -0.3 is 10.4 Å². The molecule has 0 radical (unpaired) electrons. The fraction of sp³-hybridized carbons (Fsp3) is 0.412. The van der Waals surface area contributed by atoms with Gasteiger partial charge in [-0.1, -0.05) is 18.2 Å². The maximum Gasteiger partial charge on any atom is 0.307 e. The summed E-state index contributed by atoms with van der Waals surface area (Å²) in [6.07, 6.45) is 8.00. The van der Waals surface area contributed by atoms with Gasteiger partial charge in [0.2, 0.25) is 5.91 Å². The molecule has 4 nitrogen and oxygen atoms in total. The monoisotopic (exact) mass is 285 g/mol. The van der Waals surface area contributed by atoms with E-state index in [0.29, 0.717) is 12.8 Å². The van der Waals surface area contributed by atoms with E-state index in [-0.39, 0.29) is 5.91 Å². The number of benzene rings is 1. The summed E-state index contributed by atoms with van der Waals surface area (Å²) in [6.45, 7) is 0. The third-order valence-corrected chi connectivity index (χ3v) is 4.45. The summed E-state index contributed by atoms with van der Waals surface area (Å²) in [6, 6.07) is 6.00. The van der Waals surface area contributed by atoms with Crippen molar-refractivity contribution in [3.05, 3.63) is 41.5 Å². The van der Waals surface area contributed by atoms with Crippen LogP contribution in [-0.2, 0) is 22.4 Å². The molecule has 0 unspecified atom stereocenters. The number of carbonyl (C=O) groups excluding carboxylic acids is 1. The molecule has 1 aromatic rings. The number of allylic oxidation sites excluding steroid dienone is 2. The van der Waals surface area contributed by atoms with E-state index in [1.807, 2.05) is 24.3 Å². The van der Waals surface area contributed by atoms with Crippen LogP contribution in [0.3, 0.4) is 0 Å². The van der Waals surface area contributed by atoms with Crippen LogP contribution in [0.1, 0.15) is 30.4 Å². The van der Waals surface area contributed by atoms with Crippen molar-refractivity contribution < 1.29 is 14.7 Å². The molecule has 110 valence electrons. The highest BCUT2D eigenvalue weighted by Gasteiger charge is 2.34. The summed E-state index contributed by atoms with van der Waals surface area (Å²) >= 11 is 0. The van der Waals surface area contributed by atoms with Crippen molar-refractivity contribution in [2.75, 3.05) is 5.32 Å². The molecular formula is C17H19NO3. The Kier molecular flexibility index (Phi) is 3.78. The first-order valence-electron chi connectivity index (χ1n) is 7.45. The molecule has 21 heavy (non-hydrogen) atoms. The molecule has 2 aliphatic carbocycles. The molecule has 2 atom stereocenters. The Balaban J connectivity index is 1.73. The number of fused-ring (bicyclic) bond motifs is 1. The number of amides is 1. The Labute approximate surface area is 123 Å². The Hall–Kier alpha value is -2.10. The second kappa shape index (κ2) is 5.72. The molecule has 1 aromatic carbocycles. The molecule has 0 bridgehead atoms. The molecule has 2 N–H and O–H groups in total. The zero-order chi connectivity index (χ0) is 14.8. The summed E-state index contributed by atoms with van der Waals surface area (Å²) in [4.78, 5) is 23.6. The SMILES string of the molecule is O=C(O)[C@H]1CC=CC[C@@H]1C(=O)Nc1ccc2c(c1)CCC2. The minimum Gasteiger partial charge on any atom is -0.481 e. The van der Waals surface area contributed by atoms with E-state index in [1.54, 1.807) is 0 Å². The first kappa shape index (κ1) is 13.9. The molecule has 0 fully saturated rings. The highest BCUT2D eigenvalue weighted by Crippen LogP contribution is 2.29. The molecule has 0 heterocycles. The zero-order valence-corrected chi connectivity index (χ0v) is 11.8. The van der Waals surface area contributed by atoms with Crippen molar-refractivity contribution in [2.24, 2.45) is 11.8 Å². The maximum atomic E-state index is 12.4. The van der Waals surface area contributed by atoms with E-state index in [1.165, 1.54) is 17.5 Å². The number of rotatable bonds is 3. The van der Waals surface area contributed by atoms with Crippen LogP contribution in [0.5, 0.6) is 0 Å². The fourth-order valence-electron chi connectivity index (χ4n) is 3.26. The van der Waals surface area contributed by atoms with E-state index in [2.05, 4.69) is 11.4 Å². The minimum atomic E-state index is -0.895. The Morgan fingerprint density at radius 1 is 1.05 bits per heavy atom. The summed E-state index contributed by atoms with van der Waals surface area (Å²) in [5.41, 5.74) is 3.43. The molecule has 3 rings (SSSR count). The van der Waals surface area contributed by atoms with Crippen molar-refractivity contribution in [2.45, 2.75) is 32.1 Å². The van der Waals surface area contributed by atoms with Crippen molar-refractivity contribution >= 4 is 17.6 Å². The van der Waals surface area contributed by atoms with Gasteiger partial charge in [0.15, 0.2) is 0 Å². The standard InChI is InChI=1S/C17H19NO3/c19-16(14-6-1-2-7-15(14)17(20)21)18-13-9-8-11-4-3-5-12(11)10-13/h1-2,8-10,14-15H,3-7H2,(H,18,19)(H,20,21)/t14-,15-/m0/s1. The molecule has 0 saturated carbocycles. The summed E-state index contributed by atoms with van der Waals surface area (Å²) in [5.74, 6) is -2.19. The molecule has 2 aliphatic rings. The number of aryl methyl sites for hydroxylation is 2. The molecule has 0 saturated heterocycles. The lowest BCUT2D eigenvalue weighted by molar-refractivity contribution is -0.146. The number of nitrogens with one attached hydrogen (secondary N) is 1. The van der Waals surface area contributed by atoms with Gasteiger partial charge in [0, 0.05) is 5.69 Å². The fourth-order valence-corrected chi connectivity index (χ4v) is 3.26. The normalized spacial score (nSPS) is 23.6. The molecule has 0 aliphatic heterocycles. The highest BCUT2D eigenvalue weighted by molar-refractivity contribution is 5.95. The largest absolute Gasteiger partial charge is 0.481 e. The molecule has 0 aromatic heterocycles. The highest BCUT2D eigenvalue weighted by atomic mass is 16.4. The molecule has 1 amide bonds. The lowest BCUT2D eigenvalue weighted by Crippen LogP contribution is -2.34. The first-order valence-corrected chi connectivity index (χ1v) is 7.45. The quantitative estimate of drug-likeness (QED) is 0.839. The third kappa shape index (κ3) is 2.84. The van der Waals surface area contributed by atoms with Crippen molar-refractivity contribution in [3.8, 4) is 0 Å². The van der Waals surface area contributed by atoms with Crippen molar-refractivity contribution in [3.63, 3.8) is 0 Å². The van der Waals surface area contributed by atoms with Crippen LogP contribution in [0.15, 0.2) is 30.4 Å². The lowest BCUT2D eigenvalue weighted by Gasteiger charge is -2.24. The number of aliphatic carboxylic acids is 1. The van der Waals surface area contributed by atoms with E-state index in [4.69, 9.17) is 0 Å². The van der Waals surface area contributed by atoms with Gasteiger partial charge in [-0.05, 0) is 55.4 Å². The number of carboxylic acids is 1. The van der Waals surface area contributed by atoms with Crippen LogP contribution in [0.4, 0.5) is 5.69 Å². The number of anilines is 1. The second-order valence-corrected chi connectivity index (χ2v) is 5.82. The molecular weight excluding hydrogens is 266 g/mol. The van der Waals surface area contributed by atoms with E-state index < -0.39 is 17.8 Å². The third-order valence-electron chi connectivity index (χ3n) is 4.45. The Bertz CT molecular complexity index is 606. The van der Waals surface area contributed by atoms with Gasteiger partial charge in [-0.2, -0.15) is 0 Å². The van der Waals surface area contributed by atoms with Crippen LogP contribution >= 0.6 is 0 Å². The number of carbonyl (C=O) groups is 2. The summed E-state index contributed by atoms with van der Waals surface area (Å²) in [7, 11) is 0. The van der Waals surface area contributed by atoms with Crippen molar-refractivity contribution in [1.29, 1.82) is 0 Å². The smallest absolute Gasteiger partial charge is 0.307 e. The van der Waals surface area contributed by atoms with Crippen LogP contribution in [0, 0.1) is 11.8 Å².